The maximum atomic E-state index is 12.5. The van der Waals surface area contributed by atoms with Crippen molar-refractivity contribution in [3.8, 4) is 0 Å². The van der Waals surface area contributed by atoms with E-state index in [1.807, 2.05) is 48.5 Å². The normalized spacial score (nSPS) is 20.6. The first-order valence-corrected chi connectivity index (χ1v) is 9.76. The second kappa shape index (κ2) is 9.95. The minimum atomic E-state index is -0.944. The molecule has 156 valence electrons. The van der Waals surface area contributed by atoms with Crippen molar-refractivity contribution in [3.63, 3.8) is 0 Å². The molecular weight excluding hydrogens is 350 g/mol. The van der Waals surface area contributed by atoms with Gasteiger partial charge in [0.2, 0.25) is 0 Å². The predicted octanol–water partition coefficient (Wildman–Crippen LogP) is 4.38. The molecule has 1 saturated heterocycles. The summed E-state index contributed by atoms with van der Waals surface area (Å²) in [5.74, 6) is -0.118. The van der Waals surface area contributed by atoms with E-state index in [0.717, 1.165) is 0 Å². The Morgan fingerprint density at radius 2 is 1.74 bits per heavy atom. The zero-order valence-corrected chi connectivity index (χ0v) is 17.7. The fourth-order valence-electron chi connectivity index (χ4n) is 3.07. The fraction of sp³-hybridized carbons (Fsp3) is 0.850. The topological polar surface area (TPSA) is 82.1 Å². The van der Waals surface area contributed by atoms with E-state index in [1.54, 1.807) is 4.90 Å². The molecule has 1 heterocycles. The van der Waals surface area contributed by atoms with Crippen LogP contribution >= 0.6 is 0 Å². The van der Waals surface area contributed by atoms with Crippen molar-refractivity contribution < 1.29 is 28.6 Å². The Hall–Kier alpha value is -1.79. The molecule has 1 fully saturated rings. The van der Waals surface area contributed by atoms with Crippen molar-refractivity contribution in [1.82, 2.24) is 4.90 Å². The molecule has 0 spiro atoms. The predicted molar refractivity (Wildman–Crippen MR) is 101 cm³/mol. The quantitative estimate of drug-likeness (QED) is 0.516. The number of rotatable bonds is 5. The van der Waals surface area contributed by atoms with E-state index in [0.29, 0.717) is 19.4 Å². The molecule has 0 aromatic heterocycles. The number of piperidine rings is 1. The average molecular weight is 386 g/mol. The number of ether oxygens (including phenoxy) is 3. The first-order valence-electron chi connectivity index (χ1n) is 9.76. The lowest BCUT2D eigenvalue weighted by atomic mass is 9.84. The van der Waals surface area contributed by atoms with Crippen LogP contribution in [0, 0.1) is 17.8 Å². The van der Waals surface area contributed by atoms with Crippen molar-refractivity contribution in [3.05, 3.63) is 0 Å². The van der Waals surface area contributed by atoms with Crippen molar-refractivity contribution in [2.24, 2.45) is 17.8 Å². The molecule has 0 aromatic carbocycles. The Labute approximate surface area is 162 Å². The molecule has 1 aliphatic heterocycles. The van der Waals surface area contributed by atoms with Crippen LogP contribution in [-0.2, 0) is 19.0 Å². The first kappa shape index (κ1) is 23.2. The van der Waals surface area contributed by atoms with Gasteiger partial charge in [0.05, 0.1) is 6.61 Å². The van der Waals surface area contributed by atoms with Crippen LogP contribution in [0.15, 0.2) is 0 Å². The van der Waals surface area contributed by atoms with Gasteiger partial charge < -0.3 is 19.1 Å². The summed E-state index contributed by atoms with van der Waals surface area (Å²) in [5, 5.41) is 0. The van der Waals surface area contributed by atoms with Gasteiger partial charge in [-0.3, -0.25) is 4.79 Å². The average Bonchev–Trinajstić information content (AvgIpc) is 2.50. The van der Waals surface area contributed by atoms with Crippen LogP contribution in [0.4, 0.5) is 9.59 Å². The maximum absolute atomic E-state index is 12.5. The Morgan fingerprint density at radius 1 is 1.11 bits per heavy atom. The number of nitrogens with zero attached hydrogens (tertiary/aromatic N) is 1. The molecule has 0 saturated carbocycles. The molecule has 0 aliphatic carbocycles. The largest absolute Gasteiger partial charge is 0.516 e. The van der Waals surface area contributed by atoms with Crippen LogP contribution in [-0.4, -0.2) is 47.9 Å². The third-order valence-corrected chi connectivity index (χ3v) is 4.34. The SMILES string of the molecule is CC(C)COC(=O)OC(=O)CC1CCN(C(=O)OC(C)(C)C)C(C(C)C)C1. The highest BCUT2D eigenvalue weighted by Crippen LogP contribution is 2.31. The molecular formula is C20H35NO6. The van der Waals surface area contributed by atoms with E-state index >= 15 is 0 Å². The molecule has 2 unspecified atom stereocenters. The molecule has 0 radical (unpaired) electrons. The lowest BCUT2D eigenvalue weighted by Crippen LogP contribution is -2.50. The molecule has 1 amide bonds. The van der Waals surface area contributed by atoms with Crippen molar-refractivity contribution in [2.75, 3.05) is 13.2 Å². The van der Waals surface area contributed by atoms with Crippen LogP contribution in [0.5, 0.6) is 0 Å². The monoisotopic (exact) mass is 385 g/mol. The number of hydrogen-bond donors (Lipinski definition) is 0. The van der Waals surface area contributed by atoms with Gasteiger partial charge in [-0.15, -0.1) is 0 Å². The second-order valence-corrected chi connectivity index (χ2v) is 9.01. The van der Waals surface area contributed by atoms with Crippen LogP contribution in [0.3, 0.4) is 0 Å². The minimum absolute atomic E-state index is 0.0145. The summed E-state index contributed by atoms with van der Waals surface area (Å²) in [4.78, 5) is 37.8. The van der Waals surface area contributed by atoms with E-state index in [9.17, 15) is 14.4 Å². The summed E-state index contributed by atoms with van der Waals surface area (Å²) in [7, 11) is 0. The van der Waals surface area contributed by atoms with Crippen LogP contribution in [0.1, 0.15) is 67.7 Å². The lowest BCUT2D eigenvalue weighted by Gasteiger charge is -2.41. The Kier molecular flexibility index (Phi) is 8.57. The minimum Gasteiger partial charge on any atom is -0.444 e. The third kappa shape index (κ3) is 8.63. The van der Waals surface area contributed by atoms with E-state index in [-0.39, 0.29) is 42.9 Å². The van der Waals surface area contributed by atoms with Gasteiger partial charge in [-0.2, -0.15) is 0 Å². The summed E-state index contributed by atoms with van der Waals surface area (Å²) >= 11 is 0. The lowest BCUT2D eigenvalue weighted by molar-refractivity contribution is -0.141. The molecule has 0 aromatic rings. The highest BCUT2D eigenvalue weighted by molar-refractivity contribution is 5.81. The van der Waals surface area contributed by atoms with E-state index in [2.05, 4.69) is 0 Å². The van der Waals surface area contributed by atoms with Gasteiger partial charge in [-0.1, -0.05) is 27.7 Å². The third-order valence-electron chi connectivity index (χ3n) is 4.34. The van der Waals surface area contributed by atoms with E-state index in [1.165, 1.54) is 0 Å². The molecule has 0 bridgehead atoms. The summed E-state index contributed by atoms with van der Waals surface area (Å²) in [6.07, 6.45) is 0.216. The summed E-state index contributed by atoms with van der Waals surface area (Å²) in [6.45, 7) is 14.2. The van der Waals surface area contributed by atoms with E-state index < -0.39 is 17.7 Å². The van der Waals surface area contributed by atoms with Crippen molar-refractivity contribution >= 4 is 18.2 Å². The van der Waals surface area contributed by atoms with Gasteiger partial charge in [0.1, 0.15) is 5.60 Å². The number of carbonyl (C=O) groups is 3. The summed E-state index contributed by atoms with van der Waals surface area (Å²) in [5.41, 5.74) is -0.546. The van der Waals surface area contributed by atoms with Gasteiger partial charge in [0, 0.05) is 19.0 Å². The van der Waals surface area contributed by atoms with Crippen molar-refractivity contribution in [1.29, 1.82) is 0 Å². The Balaban J connectivity index is 2.58. The highest BCUT2D eigenvalue weighted by Gasteiger charge is 2.36. The number of amides is 1. The standard InChI is InChI=1S/C20H35NO6/c1-13(2)12-25-19(24)26-17(22)11-15-8-9-21(16(10-15)14(3)4)18(23)27-20(5,6)7/h13-16H,8-12H2,1-7H3. The molecule has 27 heavy (non-hydrogen) atoms. The summed E-state index contributed by atoms with van der Waals surface area (Å²) in [6, 6.07) is -0.0145. The highest BCUT2D eigenvalue weighted by atomic mass is 16.7. The Bertz CT molecular complexity index is 523. The maximum Gasteiger partial charge on any atom is 0.516 e. The zero-order chi connectivity index (χ0) is 20.8. The number of likely N-dealkylation sites (tertiary alicyclic amines) is 1. The van der Waals surface area contributed by atoms with Gasteiger partial charge in [-0.05, 0) is 51.4 Å². The summed E-state index contributed by atoms with van der Waals surface area (Å²) < 4.78 is 15.1. The van der Waals surface area contributed by atoms with Crippen LogP contribution in [0.25, 0.3) is 0 Å². The molecule has 7 nitrogen and oxygen atoms in total. The smallest absolute Gasteiger partial charge is 0.444 e. The fourth-order valence-corrected chi connectivity index (χ4v) is 3.07. The molecule has 0 N–H and O–H groups in total. The number of hydrogen-bond acceptors (Lipinski definition) is 6. The van der Waals surface area contributed by atoms with E-state index in [4.69, 9.17) is 14.2 Å². The zero-order valence-electron chi connectivity index (χ0n) is 17.7. The van der Waals surface area contributed by atoms with Gasteiger partial charge in [0.25, 0.3) is 0 Å². The first-order chi connectivity index (χ1) is 12.4. The van der Waals surface area contributed by atoms with Gasteiger partial charge >= 0.3 is 18.2 Å². The molecule has 2 atom stereocenters. The van der Waals surface area contributed by atoms with Crippen molar-refractivity contribution in [2.45, 2.75) is 79.4 Å². The van der Waals surface area contributed by atoms with Gasteiger partial charge in [0.15, 0.2) is 0 Å². The molecule has 1 aliphatic rings. The number of carbonyl (C=O) groups excluding carboxylic acids is 3. The molecule has 1 rings (SSSR count). The van der Waals surface area contributed by atoms with Crippen LogP contribution in [0.2, 0.25) is 0 Å². The van der Waals surface area contributed by atoms with Crippen LogP contribution < -0.4 is 0 Å². The number of esters is 1. The Morgan fingerprint density at radius 3 is 2.26 bits per heavy atom. The van der Waals surface area contributed by atoms with Gasteiger partial charge in [-0.25, -0.2) is 9.59 Å². The second-order valence-electron chi connectivity index (χ2n) is 9.01. The molecule has 7 heteroatoms.